The van der Waals surface area contributed by atoms with Crippen LogP contribution in [0.25, 0.3) is 0 Å². The van der Waals surface area contributed by atoms with Gasteiger partial charge in [-0.3, -0.25) is 4.68 Å². The smallest absolute Gasteiger partial charge is 0.266 e. The first kappa shape index (κ1) is 11.8. The summed E-state index contributed by atoms with van der Waals surface area (Å²) in [5.74, 6) is 0. The predicted octanol–water partition coefficient (Wildman–Crippen LogP) is 3.40. The van der Waals surface area contributed by atoms with E-state index in [4.69, 9.17) is 0 Å². The fourth-order valence-corrected chi connectivity index (χ4v) is 1.84. The van der Waals surface area contributed by atoms with E-state index in [2.05, 4.69) is 5.10 Å². The zero-order valence-electron chi connectivity index (χ0n) is 7.98. The van der Waals surface area contributed by atoms with E-state index in [0.717, 1.165) is 0 Å². The van der Waals surface area contributed by atoms with Gasteiger partial charge in [-0.1, -0.05) is 0 Å². The highest BCUT2D eigenvalue weighted by atomic mass is 127. The van der Waals surface area contributed by atoms with Crippen molar-refractivity contribution in [1.29, 1.82) is 0 Å². The maximum absolute atomic E-state index is 12.4. The van der Waals surface area contributed by atoms with Crippen LogP contribution >= 0.6 is 22.6 Å². The Labute approximate surface area is 93.6 Å². The minimum Gasteiger partial charge on any atom is -0.266 e. The SMILES string of the molecule is Cc1c(I)c(C(F)(F)F)nn1C(C)C. The van der Waals surface area contributed by atoms with Crippen LogP contribution < -0.4 is 0 Å². The summed E-state index contributed by atoms with van der Waals surface area (Å²) < 4.78 is 38.9. The first-order valence-electron chi connectivity index (χ1n) is 4.07. The standard InChI is InChI=1S/C8H10F3IN2/c1-4(2)14-5(3)6(12)7(13-14)8(9,10)11/h4H,1-3H3. The van der Waals surface area contributed by atoms with Crippen molar-refractivity contribution in [2.45, 2.75) is 33.0 Å². The van der Waals surface area contributed by atoms with Gasteiger partial charge in [0.05, 0.1) is 3.57 Å². The van der Waals surface area contributed by atoms with E-state index in [-0.39, 0.29) is 9.61 Å². The highest BCUT2D eigenvalue weighted by Gasteiger charge is 2.38. The third kappa shape index (κ3) is 2.04. The summed E-state index contributed by atoms with van der Waals surface area (Å²) in [6.45, 7) is 5.25. The van der Waals surface area contributed by atoms with E-state index in [1.54, 1.807) is 43.4 Å². The van der Waals surface area contributed by atoms with Crippen molar-refractivity contribution in [2.75, 3.05) is 0 Å². The average molecular weight is 318 g/mol. The van der Waals surface area contributed by atoms with E-state index in [1.807, 2.05) is 0 Å². The number of alkyl halides is 3. The molecule has 0 saturated carbocycles. The Kier molecular flexibility index (Phi) is 3.13. The third-order valence-electron chi connectivity index (χ3n) is 1.83. The summed E-state index contributed by atoms with van der Waals surface area (Å²) in [5, 5.41) is 3.56. The lowest BCUT2D eigenvalue weighted by molar-refractivity contribution is -0.142. The van der Waals surface area contributed by atoms with Gasteiger partial charge in [0.15, 0.2) is 5.69 Å². The predicted molar refractivity (Wildman–Crippen MR) is 55.1 cm³/mol. The molecule has 0 fully saturated rings. The molecule has 6 heteroatoms. The van der Waals surface area contributed by atoms with Gasteiger partial charge in [-0.05, 0) is 43.4 Å². The molecule has 14 heavy (non-hydrogen) atoms. The Morgan fingerprint density at radius 3 is 2.07 bits per heavy atom. The van der Waals surface area contributed by atoms with Gasteiger partial charge in [0.2, 0.25) is 0 Å². The molecule has 1 aromatic rings. The van der Waals surface area contributed by atoms with Gasteiger partial charge in [-0.2, -0.15) is 18.3 Å². The second kappa shape index (κ2) is 3.71. The molecule has 0 N–H and O–H groups in total. The molecule has 0 aliphatic heterocycles. The van der Waals surface area contributed by atoms with E-state index in [9.17, 15) is 13.2 Å². The lowest BCUT2D eigenvalue weighted by Crippen LogP contribution is -2.10. The van der Waals surface area contributed by atoms with Crippen molar-refractivity contribution in [3.63, 3.8) is 0 Å². The summed E-state index contributed by atoms with van der Waals surface area (Å²) >= 11 is 1.68. The van der Waals surface area contributed by atoms with Crippen LogP contribution in [0.5, 0.6) is 0 Å². The molecule has 0 atom stereocenters. The van der Waals surface area contributed by atoms with Crippen LogP contribution in [0.1, 0.15) is 31.3 Å². The van der Waals surface area contributed by atoms with Crippen molar-refractivity contribution in [3.8, 4) is 0 Å². The second-order valence-electron chi connectivity index (χ2n) is 3.28. The van der Waals surface area contributed by atoms with Crippen LogP contribution in [0, 0.1) is 10.5 Å². The lowest BCUT2D eigenvalue weighted by Gasteiger charge is -2.07. The molecular formula is C8H10F3IN2. The third-order valence-corrected chi connectivity index (χ3v) is 3.13. The maximum atomic E-state index is 12.4. The van der Waals surface area contributed by atoms with E-state index in [0.29, 0.717) is 5.69 Å². The molecule has 1 aromatic heterocycles. The van der Waals surface area contributed by atoms with Gasteiger partial charge >= 0.3 is 6.18 Å². The van der Waals surface area contributed by atoms with Gasteiger partial charge in [-0.25, -0.2) is 0 Å². The molecular weight excluding hydrogens is 308 g/mol. The zero-order valence-corrected chi connectivity index (χ0v) is 10.1. The fourth-order valence-electron chi connectivity index (χ4n) is 1.18. The highest BCUT2D eigenvalue weighted by molar-refractivity contribution is 14.1. The zero-order chi connectivity index (χ0) is 11.1. The van der Waals surface area contributed by atoms with Crippen molar-refractivity contribution >= 4 is 22.6 Å². The summed E-state index contributed by atoms with van der Waals surface area (Å²) in [6.07, 6.45) is -4.36. The van der Waals surface area contributed by atoms with Crippen LogP contribution in [0.2, 0.25) is 0 Å². The van der Waals surface area contributed by atoms with Crippen LogP contribution in [0.15, 0.2) is 0 Å². The summed E-state index contributed by atoms with van der Waals surface area (Å²) in [4.78, 5) is 0. The van der Waals surface area contributed by atoms with Crippen LogP contribution in [0.4, 0.5) is 13.2 Å². The highest BCUT2D eigenvalue weighted by Crippen LogP contribution is 2.33. The maximum Gasteiger partial charge on any atom is 0.436 e. The van der Waals surface area contributed by atoms with E-state index in [1.165, 1.54) is 4.68 Å². The number of hydrogen-bond donors (Lipinski definition) is 0. The molecule has 80 valence electrons. The Morgan fingerprint density at radius 2 is 1.86 bits per heavy atom. The quantitative estimate of drug-likeness (QED) is 0.726. The van der Waals surface area contributed by atoms with Crippen LogP contribution in [-0.4, -0.2) is 9.78 Å². The van der Waals surface area contributed by atoms with Crippen molar-refractivity contribution < 1.29 is 13.2 Å². The number of aromatic nitrogens is 2. The molecule has 0 saturated heterocycles. The van der Waals surface area contributed by atoms with Gasteiger partial charge in [0.25, 0.3) is 0 Å². The Morgan fingerprint density at radius 1 is 1.36 bits per heavy atom. The van der Waals surface area contributed by atoms with Gasteiger partial charge in [-0.15, -0.1) is 0 Å². The number of halogens is 4. The normalized spacial score (nSPS) is 12.6. The topological polar surface area (TPSA) is 17.8 Å². The monoisotopic (exact) mass is 318 g/mol. The summed E-state index contributed by atoms with van der Waals surface area (Å²) in [7, 11) is 0. The molecule has 0 amide bonds. The Balaban J connectivity index is 3.29. The number of nitrogens with zero attached hydrogens (tertiary/aromatic N) is 2. The summed E-state index contributed by atoms with van der Waals surface area (Å²) in [5.41, 5.74) is -0.225. The van der Waals surface area contributed by atoms with Gasteiger partial charge in [0, 0.05) is 11.7 Å². The summed E-state index contributed by atoms with van der Waals surface area (Å²) in [6, 6.07) is -0.0559. The van der Waals surface area contributed by atoms with Crippen LogP contribution in [0.3, 0.4) is 0 Å². The molecule has 0 radical (unpaired) electrons. The lowest BCUT2D eigenvalue weighted by atomic mass is 10.3. The van der Waals surface area contributed by atoms with Crippen molar-refractivity contribution in [3.05, 3.63) is 15.0 Å². The van der Waals surface area contributed by atoms with E-state index < -0.39 is 11.9 Å². The molecule has 0 aliphatic rings. The Bertz CT molecular complexity index is 341. The number of rotatable bonds is 1. The molecule has 0 aromatic carbocycles. The van der Waals surface area contributed by atoms with Gasteiger partial charge < -0.3 is 0 Å². The first-order chi connectivity index (χ1) is 6.25. The molecule has 1 rings (SSSR count). The van der Waals surface area contributed by atoms with Gasteiger partial charge in [0.1, 0.15) is 0 Å². The molecule has 1 heterocycles. The minimum absolute atomic E-state index is 0.0559. The first-order valence-corrected chi connectivity index (χ1v) is 5.14. The van der Waals surface area contributed by atoms with Crippen molar-refractivity contribution in [2.24, 2.45) is 0 Å². The second-order valence-corrected chi connectivity index (χ2v) is 4.36. The average Bonchev–Trinajstić information content (AvgIpc) is 2.28. The molecule has 2 nitrogen and oxygen atoms in total. The van der Waals surface area contributed by atoms with Crippen LogP contribution in [-0.2, 0) is 6.18 Å². The van der Waals surface area contributed by atoms with Crippen molar-refractivity contribution in [1.82, 2.24) is 9.78 Å². The Hall–Kier alpha value is -0.270. The minimum atomic E-state index is -4.36. The molecule has 0 bridgehead atoms. The number of hydrogen-bond acceptors (Lipinski definition) is 1. The molecule has 0 unspecified atom stereocenters. The van der Waals surface area contributed by atoms with E-state index >= 15 is 0 Å². The molecule has 0 spiro atoms. The fraction of sp³-hybridized carbons (Fsp3) is 0.625. The largest absolute Gasteiger partial charge is 0.436 e. The molecule has 0 aliphatic carbocycles.